The van der Waals surface area contributed by atoms with Crippen molar-refractivity contribution in [2.75, 3.05) is 11.9 Å². The van der Waals surface area contributed by atoms with E-state index >= 15 is 0 Å². The monoisotopic (exact) mass is 389 g/mol. The predicted molar refractivity (Wildman–Crippen MR) is 103 cm³/mol. The molecule has 3 heterocycles. The SMILES string of the molecule is CCOC(=O)Cc1csc(NC(=O)C[C@H](c2ccsc2)n2cccc2)n1. The number of nitrogens with one attached hydrogen (secondary N) is 1. The van der Waals surface area contributed by atoms with Gasteiger partial charge in [0, 0.05) is 17.8 Å². The highest BCUT2D eigenvalue weighted by Crippen LogP contribution is 2.25. The molecule has 3 aromatic rings. The second kappa shape index (κ2) is 8.77. The first-order valence-corrected chi connectivity index (χ1v) is 10.0. The van der Waals surface area contributed by atoms with E-state index in [0.29, 0.717) is 23.9 Å². The smallest absolute Gasteiger partial charge is 0.311 e. The third kappa shape index (κ3) is 4.80. The van der Waals surface area contributed by atoms with Crippen LogP contribution in [0.5, 0.6) is 0 Å². The Morgan fingerprint density at radius 2 is 2.12 bits per heavy atom. The van der Waals surface area contributed by atoms with Crippen molar-refractivity contribution in [3.8, 4) is 0 Å². The molecule has 0 saturated heterocycles. The minimum atomic E-state index is -0.319. The minimum absolute atomic E-state index is 0.0600. The van der Waals surface area contributed by atoms with Gasteiger partial charge in [-0.2, -0.15) is 11.3 Å². The lowest BCUT2D eigenvalue weighted by atomic mass is 10.1. The molecule has 1 amide bonds. The van der Waals surface area contributed by atoms with Gasteiger partial charge in [0.15, 0.2) is 5.13 Å². The lowest BCUT2D eigenvalue weighted by Crippen LogP contribution is -2.19. The number of aromatic nitrogens is 2. The maximum Gasteiger partial charge on any atom is 0.311 e. The molecule has 0 radical (unpaired) electrons. The lowest BCUT2D eigenvalue weighted by Gasteiger charge is -2.17. The largest absolute Gasteiger partial charge is 0.466 e. The van der Waals surface area contributed by atoms with Gasteiger partial charge in [-0.15, -0.1) is 11.3 Å². The van der Waals surface area contributed by atoms with Crippen LogP contribution in [-0.2, 0) is 20.7 Å². The molecule has 0 aliphatic rings. The molecule has 136 valence electrons. The van der Waals surface area contributed by atoms with Gasteiger partial charge in [-0.25, -0.2) is 4.98 Å². The van der Waals surface area contributed by atoms with Crippen LogP contribution >= 0.6 is 22.7 Å². The molecular weight excluding hydrogens is 370 g/mol. The van der Waals surface area contributed by atoms with Crippen LogP contribution in [0.2, 0.25) is 0 Å². The average molecular weight is 390 g/mol. The van der Waals surface area contributed by atoms with Crippen LogP contribution in [0.25, 0.3) is 0 Å². The summed E-state index contributed by atoms with van der Waals surface area (Å²) in [4.78, 5) is 28.3. The molecular formula is C18H19N3O3S2. The van der Waals surface area contributed by atoms with Crippen molar-refractivity contribution >= 4 is 39.7 Å². The van der Waals surface area contributed by atoms with E-state index in [1.54, 1.807) is 23.6 Å². The van der Waals surface area contributed by atoms with Gasteiger partial charge in [-0.1, -0.05) is 0 Å². The number of thiazole rings is 1. The molecule has 1 atom stereocenters. The van der Waals surface area contributed by atoms with E-state index in [9.17, 15) is 9.59 Å². The molecule has 3 rings (SSSR count). The predicted octanol–water partition coefficient (Wildman–Crippen LogP) is 3.73. The lowest BCUT2D eigenvalue weighted by molar-refractivity contribution is -0.142. The van der Waals surface area contributed by atoms with Gasteiger partial charge in [0.2, 0.25) is 5.91 Å². The van der Waals surface area contributed by atoms with Crippen LogP contribution in [-0.4, -0.2) is 28.0 Å². The topological polar surface area (TPSA) is 73.2 Å². The Balaban J connectivity index is 1.62. The standard InChI is InChI=1S/C18H19N3O3S2/c1-2-24-17(23)9-14-12-26-18(19-14)20-16(22)10-15(13-5-8-25-11-13)21-6-3-4-7-21/h3-8,11-12,15H,2,9-10H2,1H3,(H,19,20,22)/t15-/m1/s1. The summed E-state index contributed by atoms with van der Waals surface area (Å²) in [5.74, 6) is -0.437. The number of esters is 1. The maximum atomic E-state index is 12.5. The number of carbonyl (C=O) groups excluding carboxylic acids is 2. The fourth-order valence-corrected chi connectivity index (χ4v) is 4.00. The molecule has 6 nitrogen and oxygen atoms in total. The van der Waals surface area contributed by atoms with E-state index in [4.69, 9.17) is 4.74 Å². The van der Waals surface area contributed by atoms with Gasteiger partial charge < -0.3 is 14.6 Å². The van der Waals surface area contributed by atoms with Crippen LogP contribution in [0, 0.1) is 0 Å². The molecule has 0 aliphatic carbocycles. The third-order valence-corrected chi connectivity index (χ3v) is 5.23. The zero-order chi connectivity index (χ0) is 18.4. The summed E-state index contributed by atoms with van der Waals surface area (Å²) < 4.78 is 6.93. The van der Waals surface area contributed by atoms with Gasteiger partial charge in [0.25, 0.3) is 0 Å². The minimum Gasteiger partial charge on any atom is -0.466 e. The number of nitrogens with zero attached hydrogens (tertiary/aromatic N) is 2. The number of hydrogen-bond acceptors (Lipinski definition) is 6. The number of amides is 1. The fraction of sp³-hybridized carbons (Fsp3) is 0.278. The fourth-order valence-electron chi connectivity index (χ4n) is 2.57. The summed E-state index contributed by atoms with van der Waals surface area (Å²) in [7, 11) is 0. The quantitative estimate of drug-likeness (QED) is 0.596. The second-order valence-electron chi connectivity index (χ2n) is 5.58. The molecule has 8 heteroatoms. The van der Waals surface area contributed by atoms with Crippen LogP contribution in [0.1, 0.15) is 30.6 Å². The van der Waals surface area contributed by atoms with Crippen LogP contribution in [0.4, 0.5) is 5.13 Å². The van der Waals surface area contributed by atoms with Crippen molar-refractivity contribution in [3.05, 3.63) is 58.0 Å². The van der Waals surface area contributed by atoms with Crippen molar-refractivity contribution in [1.29, 1.82) is 0 Å². The summed E-state index contributed by atoms with van der Waals surface area (Å²) >= 11 is 2.91. The van der Waals surface area contributed by atoms with Gasteiger partial charge in [-0.05, 0) is 41.4 Å². The summed E-state index contributed by atoms with van der Waals surface area (Å²) in [5.41, 5.74) is 1.70. The molecule has 0 unspecified atom stereocenters. The highest BCUT2D eigenvalue weighted by molar-refractivity contribution is 7.14. The molecule has 0 aliphatic heterocycles. The molecule has 0 aromatic carbocycles. The Bertz CT molecular complexity index is 807. The summed E-state index contributed by atoms with van der Waals surface area (Å²) in [6.07, 6.45) is 4.33. The molecule has 0 bridgehead atoms. The molecule has 0 saturated carbocycles. The first kappa shape index (κ1) is 18.3. The van der Waals surface area contributed by atoms with Crippen molar-refractivity contribution in [1.82, 2.24) is 9.55 Å². The number of thiophene rings is 1. The normalized spacial score (nSPS) is 11.9. The average Bonchev–Trinajstić information content (AvgIpc) is 3.36. The van der Waals surface area contributed by atoms with Crippen molar-refractivity contribution in [3.63, 3.8) is 0 Å². The third-order valence-electron chi connectivity index (χ3n) is 3.72. The molecule has 3 aromatic heterocycles. The first-order chi connectivity index (χ1) is 12.7. The summed E-state index contributed by atoms with van der Waals surface area (Å²) in [6.45, 7) is 2.11. The first-order valence-electron chi connectivity index (χ1n) is 8.20. The van der Waals surface area contributed by atoms with Crippen LogP contribution in [0.15, 0.2) is 46.7 Å². The summed E-state index contributed by atoms with van der Waals surface area (Å²) in [5, 5.41) is 9.14. The second-order valence-corrected chi connectivity index (χ2v) is 7.22. The molecule has 0 fully saturated rings. The van der Waals surface area contributed by atoms with E-state index in [0.717, 1.165) is 5.56 Å². The molecule has 26 heavy (non-hydrogen) atoms. The van der Waals surface area contributed by atoms with E-state index in [1.165, 1.54) is 11.3 Å². The zero-order valence-corrected chi connectivity index (χ0v) is 15.9. The van der Waals surface area contributed by atoms with Crippen molar-refractivity contribution in [2.24, 2.45) is 0 Å². The molecule has 0 spiro atoms. The maximum absolute atomic E-state index is 12.5. The number of hydrogen-bond donors (Lipinski definition) is 1. The Hall–Kier alpha value is -2.45. The van der Waals surface area contributed by atoms with Gasteiger partial charge in [0.1, 0.15) is 0 Å². The number of ether oxygens (including phenoxy) is 1. The van der Waals surface area contributed by atoms with Gasteiger partial charge in [-0.3, -0.25) is 9.59 Å². The molecule has 1 N–H and O–H groups in total. The van der Waals surface area contributed by atoms with E-state index < -0.39 is 0 Å². The Labute approximate surface area is 159 Å². The number of carbonyl (C=O) groups is 2. The van der Waals surface area contributed by atoms with E-state index in [-0.39, 0.29) is 24.3 Å². The van der Waals surface area contributed by atoms with E-state index in [2.05, 4.69) is 15.7 Å². The van der Waals surface area contributed by atoms with Crippen LogP contribution in [0.3, 0.4) is 0 Å². The van der Waals surface area contributed by atoms with Gasteiger partial charge in [0.05, 0.1) is 31.2 Å². The number of anilines is 1. The van der Waals surface area contributed by atoms with Crippen molar-refractivity contribution in [2.45, 2.75) is 25.8 Å². The van der Waals surface area contributed by atoms with Crippen molar-refractivity contribution < 1.29 is 14.3 Å². The van der Waals surface area contributed by atoms with Gasteiger partial charge >= 0.3 is 5.97 Å². The van der Waals surface area contributed by atoms with Crippen LogP contribution < -0.4 is 5.32 Å². The zero-order valence-electron chi connectivity index (χ0n) is 14.3. The Morgan fingerprint density at radius 3 is 2.81 bits per heavy atom. The number of rotatable bonds is 8. The highest BCUT2D eigenvalue weighted by Gasteiger charge is 2.19. The summed E-state index contributed by atoms with van der Waals surface area (Å²) in [6, 6.07) is 5.86. The highest BCUT2D eigenvalue weighted by atomic mass is 32.1. The Morgan fingerprint density at radius 1 is 1.31 bits per heavy atom. The van der Waals surface area contributed by atoms with E-state index in [1.807, 2.05) is 40.5 Å². The Kier molecular flexibility index (Phi) is 6.19.